The molecule has 5 aliphatic heterocycles. The van der Waals surface area contributed by atoms with E-state index in [1.807, 2.05) is 170 Å². The number of ketones is 4. The van der Waals surface area contributed by atoms with Gasteiger partial charge in [-0.05, 0) is 109 Å². The molecule has 11 aromatic carbocycles. The van der Waals surface area contributed by atoms with E-state index in [4.69, 9.17) is 9.97 Å². The van der Waals surface area contributed by atoms with Crippen LogP contribution in [-0.4, -0.2) is 79.1 Å². The largest absolute Gasteiger partial charge is 0.494 e. The Kier molecular flexibility index (Phi) is 14.7. The topological polar surface area (TPSA) is 291 Å². The second kappa shape index (κ2) is 24.8. The first-order valence-corrected chi connectivity index (χ1v) is 33.5. The Morgan fingerprint density at radius 1 is 0.340 bits per heavy atom. The van der Waals surface area contributed by atoms with Crippen molar-refractivity contribution in [3.63, 3.8) is 0 Å². The monoisotopic (exact) mass is 1380 g/mol. The van der Waals surface area contributed by atoms with E-state index in [0.717, 1.165) is 49.6 Å². The number of rotatable bonds is 1. The Morgan fingerprint density at radius 2 is 0.783 bits per heavy atom. The number of aromatic amines is 1. The van der Waals surface area contributed by atoms with Crippen molar-refractivity contribution >= 4 is 151 Å². The maximum absolute atomic E-state index is 13.3. The summed E-state index contributed by atoms with van der Waals surface area (Å²) in [7, 11) is 0. The molecule has 0 saturated heterocycles. The first-order valence-electron chi connectivity index (χ1n) is 33.5. The number of benzene rings is 11. The second-order valence-electron chi connectivity index (χ2n) is 25.2. The number of amides is 2. The Balaban J connectivity index is 0.0000000966. The number of Topliss-reactive ketones (excluding diaryl/α,β-unsaturated/α-hetero) is 3. The molecule has 0 aliphatic carbocycles. The molecule has 22 rings (SSSR count). The molecule has 6 aromatic heterocycles. The van der Waals surface area contributed by atoms with Crippen molar-refractivity contribution in [2.45, 2.75) is 0 Å². The van der Waals surface area contributed by atoms with Gasteiger partial charge in [0.25, 0.3) is 34.3 Å². The van der Waals surface area contributed by atoms with Gasteiger partial charge in [0.15, 0.2) is 17.4 Å². The van der Waals surface area contributed by atoms with Gasteiger partial charge in [-0.2, -0.15) is 0 Å². The van der Waals surface area contributed by atoms with Gasteiger partial charge in [0.1, 0.15) is 11.4 Å². The number of hydrogen-bond donors (Lipinski definition) is 5. The van der Waals surface area contributed by atoms with Gasteiger partial charge < -0.3 is 26.0 Å². The summed E-state index contributed by atoms with van der Waals surface area (Å²) in [4.78, 5) is 133. The van der Waals surface area contributed by atoms with E-state index in [2.05, 4.69) is 30.9 Å². The number of nitrogens with zero attached hydrogens (tertiary/aromatic N) is 7. The highest BCUT2D eigenvalue weighted by molar-refractivity contribution is 6.57. The van der Waals surface area contributed by atoms with Gasteiger partial charge in [-0.1, -0.05) is 158 Å². The maximum Gasteiger partial charge on any atom is 0.296 e. The zero-order valence-corrected chi connectivity index (χ0v) is 55.2. The fraction of sp³-hybridized carbons (Fsp3) is 0. The molecule has 21 heteroatoms. The lowest BCUT2D eigenvalue weighted by Gasteiger charge is -2.04. The SMILES string of the molecule is O=C1/C(=c2/c3ccccc3n3c(=O)c4ccccc4nc23)Nc2ccccc21.O=C1C(c2c(O)[nH]c3ccccc23)=Nc2ccccc21.O=C1Nc2ccccc2/C1=c1/c2ccccc2n2c(=O)c3ccccc3nc12.O=C1Nc2ccccc2C1=O.O=C1c2ccccc2-n2c1nc1ccccc1c2=O. The number of fused-ring (bicyclic) bond motifs is 17. The third-order valence-electron chi connectivity index (χ3n) is 19.2. The van der Waals surface area contributed by atoms with Crippen LogP contribution in [0.1, 0.15) is 58.4 Å². The van der Waals surface area contributed by atoms with Gasteiger partial charge in [-0.15, -0.1) is 0 Å². The van der Waals surface area contributed by atoms with Crippen LogP contribution in [0.5, 0.6) is 5.88 Å². The van der Waals surface area contributed by atoms with Crippen LogP contribution in [0.4, 0.5) is 22.7 Å². The van der Waals surface area contributed by atoms with Gasteiger partial charge in [-0.25, -0.2) is 19.9 Å². The zero-order chi connectivity index (χ0) is 72.2. The van der Waals surface area contributed by atoms with Crippen molar-refractivity contribution in [1.29, 1.82) is 0 Å². The Hall–Kier alpha value is -15.3. The van der Waals surface area contributed by atoms with E-state index in [-0.39, 0.29) is 51.6 Å². The molecule has 0 bridgehead atoms. The van der Waals surface area contributed by atoms with Crippen LogP contribution in [0.3, 0.4) is 0 Å². The summed E-state index contributed by atoms with van der Waals surface area (Å²) in [6.07, 6.45) is 0. The molecule has 21 nitrogen and oxygen atoms in total. The fourth-order valence-corrected chi connectivity index (χ4v) is 14.4. The van der Waals surface area contributed by atoms with Crippen LogP contribution in [0.25, 0.3) is 93.7 Å². The lowest BCUT2D eigenvalue weighted by Crippen LogP contribution is -2.21. The van der Waals surface area contributed by atoms with E-state index in [0.29, 0.717) is 116 Å². The minimum atomic E-state index is -0.536. The van der Waals surface area contributed by atoms with Crippen LogP contribution >= 0.6 is 0 Å². The first kappa shape index (κ1) is 63.0. The van der Waals surface area contributed by atoms with Crippen molar-refractivity contribution in [3.8, 4) is 11.6 Å². The molecule has 0 unspecified atom stereocenters. The van der Waals surface area contributed by atoms with Crippen LogP contribution in [0.2, 0.25) is 0 Å². The summed E-state index contributed by atoms with van der Waals surface area (Å²) in [6, 6.07) is 80.5. The highest BCUT2D eigenvalue weighted by atomic mass is 16.3. The quantitative estimate of drug-likeness (QED) is 0.0956. The molecule has 17 aromatic rings. The molecule has 106 heavy (non-hydrogen) atoms. The normalized spacial score (nSPS) is 14.4. The lowest BCUT2D eigenvalue weighted by atomic mass is 10.0. The standard InChI is InChI=1S/2C23H13N3O2.C16H10N2O2.C15H8N2O2.C8H5NO2/c27-21-13-7-1-4-10-16(13)24-20(21)19-15-9-3-6-12-18(15)26-22(19)25-17-11-5-2-8-14(17)23(26)28;27-22-20(13-7-1-4-10-16(13)25-22)19-15-9-3-6-12-18(15)26-21(19)24-17-11-5-2-8-14(17)23(26)28;19-15-10-6-2-4-8-12(10)17-14(15)13-9-5-1-3-7-11(9)18-16(13)20;18-13-10-6-2-4-8-12(10)17-14(13)16-11-7-3-1-5-9(11)15(17)19;10-7-5-3-1-2-4-6(5)9-8(7)11/h1-12,24H;1-12H,(H,25,27);1-8,18,20H;1-8H;1-4H,(H,9,10,11)/b2*20-19+;;;. The number of hydrogen-bond acceptors (Lipinski definition) is 15. The third kappa shape index (κ3) is 9.97. The van der Waals surface area contributed by atoms with E-state index in [1.54, 1.807) is 106 Å². The number of nitrogens with one attached hydrogen (secondary N) is 4. The number of aromatic hydroxyl groups is 1. The summed E-state index contributed by atoms with van der Waals surface area (Å²) in [5, 5.41) is 24.2. The molecule has 0 radical (unpaired) electrons. The van der Waals surface area contributed by atoms with Crippen molar-refractivity contribution in [1.82, 2.24) is 33.3 Å². The molecule has 2 amide bonds. The molecule has 5 N–H and O–H groups in total. The van der Waals surface area contributed by atoms with Crippen molar-refractivity contribution in [3.05, 3.63) is 348 Å². The molecular formula is C85H49N11O10. The van der Waals surface area contributed by atoms with Gasteiger partial charge >= 0.3 is 0 Å². The number of aromatic nitrogens is 7. The molecular weight excluding hydrogens is 1340 g/mol. The predicted octanol–water partition coefficient (Wildman–Crippen LogP) is 11.9. The third-order valence-corrected chi connectivity index (χ3v) is 19.2. The van der Waals surface area contributed by atoms with Crippen LogP contribution in [0.15, 0.2) is 286 Å². The number of para-hydroxylation sites is 11. The highest BCUT2D eigenvalue weighted by Crippen LogP contribution is 2.37. The van der Waals surface area contributed by atoms with Crippen molar-refractivity contribution in [2.75, 3.05) is 16.0 Å². The maximum atomic E-state index is 13.3. The first-order chi connectivity index (χ1) is 51.8. The van der Waals surface area contributed by atoms with Gasteiger partial charge in [-0.3, -0.25) is 56.5 Å². The minimum Gasteiger partial charge on any atom is -0.494 e. The van der Waals surface area contributed by atoms with Crippen molar-refractivity contribution in [2.24, 2.45) is 4.99 Å². The summed E-state index contributed by atoms with van der Waals surface area (Å²) in [5.74, 6) is -1.42. The predicted molar refractivity (Wildman–Crippen MR) is 406 cm³/mol. The van der Waals surface area contributed by atoms with E-state index in [9.17, 15) is 48.3 Å². The lowest BCUT2D eigenvalue weighted by molar-refractivity contribution is -0.112. The van der Waals surface area contributed by atoms with Gasteiger partial charge in [0.2, 0.25) is 17.3 Å². The molecule has 5 aliphatic rings. The van der Waals surface area contributed by atoms with E-state index < -0.39 is 11.7 Å². The Bertz CT molecular complexity index is 7190. The summed E-state index contributed by atoms with van der Waals surface area (Å²) in [5.41, 5.74) is 12.9. The average molecular weight is 1380 g/mol. The minimum absolute atomic E-state index is 0.0221. The number of H-pyrrole nitrogens is 1. The van der Waals surface area contributed by atoms with Gasteiger partial charge in [0.05, 0.1) is 94.0 Å². The fourth-order valence-electron chi connectivity index (χ4n) is 14.4. The number of aliphatic imine (C=N–C) groups is 1. The highest BCUT2D eigenvalue weighted by Gasteiger charge is 2.34. The summed E-state index contributed by atoms with van der Waals surface area (Å²) in [6.45, 7) is 0. The molecule has 11 heterocycles. The van der Waals surface area contributed by atoms with E-state index in [1.165, 1.54) is 4.57 Å². The molecule has 0 atom stereocenters. The number of anilines is 3. The summed E-state index contributed by atoms with van der Waals surface area (Å²) < 4.78 is 4.63. The summed E-state index contributed by atoms with van der Waals surface area (Å²) >= 11 is 0. The van der Waals surface area contributed by atoms with Crippen LogP contribution in [-0.2, 0) is 9.59 Å². The Labute approximate surface area is 595 Å². The second-order valence-corrected chi connectivity index (χ2v) is 25.2. The molecule has 0 spiro atoms. The number of carbonyl (C=O) groups excluding carboxylic acids is 6. The molecule has 0 fully saturated rings. The van der Waals surface area contributed by atoms with Crippen molar-refractivity contribution < 1.29 is 33.9 Å². The van der Waals surface area contributed by atoms with Crippen LogP contribution in [0, 0.1) is 0 Å². The van der Waals surface area contributed by atoms with Gasteiger partial charge in [0, 0.05) is 55.0 Å². The smallest absolute Gasteiger partial charge is 0.296 e. The van der Waals surface area contributed by atoms with E-state index >= 15 is 0 Å². The molecule has 0 saturated carbocycles. The molecule has 504 valence electrons. The zero-order valence-electron chi connectivity index (χ0n) is 55.2. The average Bonchev–Trinajstić information content (AvgIpc) is 1.58. The Morgan fingerprint density at radius 3 is 1.39 bits per heavy atom. The van der Waals surface area contributed by atoms with Crippen LogP contribution < -0.4 is 43.1 Å². The number of carbonyl (C=O) groups is 6.